The number of methoxy groups -OCH3 is 1. The average molecular weight is 220 g/mol. The molecule has 3 heteroatoms. The summed E-state index contributed by atoms with van der Waals surface area (Å²) in [6, 6.07) is 9.91. The van der Waals surface area contributed by atoms with Crippen LogP contribution in [0.5, 0.6) is 0 Å². The van der Waals surface area contributed by atoms with Crippen molar-refractivity contribution in [1.82, 2.24) is 0 Å². The molecule has 0 radical (unpaired) electrons. The highest BCUT2D eigenvalue weighted by molar-refractivity contribution is 5.73. The SMILES string of the molecule is COC(=O)[C@@H](C)OC/C=C/c1ccccc1. The molecule has 0 fully saturated rings. The van der Waals surface area contributed by atoms with Crippen LogP contribution in [0.3, 0.4) is 0 Å². The lowest BCUT2D eigenvalue weighted by Crippen LogP contribution is -2.21. The van der Waals surface area contributed by atoms with E-state index in [1.807, 2.05) is 42.5 Å². The van der Waals surface area contributed by atoms with Crippen molar-refractivity contribution in [3.05, 3.63) is 42.0 Å². The Morgan fingerprint density at radius 3 is 2.69 bits per heavy atom. The highest BCUT2D eigenvalue weighted by Crippen LogP contribution is 2.01. The summed E-state index contributed by atoms with van der Waals surface area (Å²) in [4.78, 5) is 11.0. The van der Waals surface area contributed by atoms with Gasteiger partial charge in [0.05, 0.1) is 13.7 Å². The second-order valence-corrected chi connectivity index (χ2v) is 3.31. The molecule has 86 valence electrons. The van der Waals surface area contributed by atoms with Crippen LogP contribution in [0.4, 0.5) is 0 Å². The summed E-state index contributed by atoms with van der Waals surface area (Å²) in [5, 5.41) is 0. The smallest absolute Gasteiger partial charge is 0.334 e. The van der Waals surface area contributed by atoms with Gasteiger partial charge in [-0.05, 0) is 12.5 Å². The van der Waals surface area contributed by atoms with Crippen molar-refractivity contribution < 1.29 is 14.3 Å². The van der Waals surface area contributed by atoms with Gasteiger partial charge in [-0.15, -0.1) is 0 Å². The number of rotatable bonds is 5. The van der Waals surface area contributed by atoms with Crippen LogP contribution in [0.2, 0.25) is 0 Å². The van der Waals surface area contributed by atoms with Crippen LogP contribution in [0.25, 0.3) is 6.08 Å². The second kappa shape index (κ2) is 6.80. The van der Waals surface area contributed by atoms with E-state index in [9.17, 15) is 4.79 Å². The van der Waals surface area contributed by atoms with Crippen molar-refractivity contribution in [2.24, 2.45) is 0 Å². The minimum Gasteiger partial charge on any atom is -0.467 e. The minimum absolute atomic E-state index is 0.354. The summed E-state index contributed by atoms with van der Waals surface area (Å²) in [7, 11) is 1.35. The van der Waals surface area contributed by atoms with Crippen molar-refractivity contribution in [3.63, 3.8) is 0 Å². The van der Waals surface area contributed by atoms with E-state index in [1.165, 1.54) is 7.11 Å². The van der Waals surface area contributed by atoms with Gasteiger partial charge in [-0.1, -0.05) is 42.5 Å². The molecular weight excluding hydrogens is 204 g/mol. The highest BCUT2D eigenvalue weighted by Gasteiger charge is 2.11. The Morgan fingerprint density at radius 1 is 1.38 bits per heavy atom. The molecule has 0 N–H and O–H groups in total. The third-order valence-electron chi connectivity index (χ3n) is 2.09. The molecule has 0 bridgehead atoms. The second-order valence-electron chi connectivity index (χ2n) is 3.31. The number of carbonyl (C=O) groups excluding carboxylic acids is 1. The highest BCUT2D eigenvalue weighted by atomic mass is 16.6. The molecule has 0 aliphatic heterocycles. The lowest BCUT2D eigenvalue weighted by Gasteiger charge is -2.08. The molecule has 0 spiro atoms. The Bertz CT molecular complexity index is 343. The van der Waals surface area contributed by atoms with Crippen LogP contribution in [0, 0.1) is 0 Å². The van der Waals surface area contributed by atoms with Crippen LogP contribution < -0.4 is 0 Å². The summed E-state index contributed by atoms with van der Waals surface area (Å²) < 4.78 is 9.79. The number of benzene rings is 1. The van der Waals surface area contributed by atoms with Crippen LogP contribution >= 0.6 is 0 Å². The molecule has 0 aromatic heterocycles. The van der Waals surface area contributed by atoms with E-state index in [0.717, 1.165) is 5.56 Å². The normalized spacial score (nSPS) is 12.6. The maximum absolute atomic E-state index is 11.0. The monoisotopic (exact) mass is 220 g/mol. The third-order valence-corrected chi connectivity index (χ3v) is 2.09. The molecule has 0 saturated heterocycles. The van der Waals surface area contributed by atoms with Gasteiger partial charge in [0.15, 0.2) is 6.10 Å². The van der Waals surface area contributed by atoms with E-state index >= 15 is 0 Å². The van der Waals surface area contributed by atoms with Gasteiger partial charge in [0.25, 0.3) is 0 Å². The van der Waals surface area contributed by atoms with E-state index in [0.29, 0.717) is 6.61 Å². The van der Waals surface area contributed by atoms with Crippen LogP contribution in [-0.4, -0.2) is 25.8 Å². The fourth-order valence-corrected chi connectivity index (χ4v) is 1.18. The van der Waals surface area contributed by atoms with Crippen LogP contribution in [0.15, 0.2) is 36.4 Å². The lowest BCUT2D eigenvalue weighted by atomic mass is 10.2. The van der Waals surface area contributed by atoms with Crippen molar-refractivity contribution in [3.8, 4) is 0 Å². The Labute approximate surface area is 95.7 Å². The number of ether oxygens (including phenoxy) is 2. The van der Waals surface area contributed by atoms with Crippen molar-refractivity contribution >= 4 is 12.0 Å². The zero-order valence-electron chi connectivity index (χ0n) is 9.55. The maximum atomic E-state index is 11.0. The van der Waals surface area contributed by atoms with Gasteiger partial charge < -0.3 is 9.47 Å². The van der Waals surface area contributed by atoms with E-state index in [1.54, 1.807) is 6.92 Å². The van der Waals surface area contributed by atoms with Gasteiger partial charge in [0.1, 0.15) is 0 Å². The summed E-state index contributed by atoms with van der Waals surface area (Å²) >= 11 is 0. The third kappa shape index (κ3) is 4.28. The first kappa shape index (κ1) is 12.5. The first-order valence-corrected chi connectivity index (χ1v) is 5.15. The van der Waals surface area contributed by atoms with E-state index in [2.05, 4.69) is 4.74 Å². The number of hydrogen-bond donors (Lipinski definition) is 0. The largest absolute Gasteiger partial charge is 0.467 e. The standard InChI is InChI=1S/C13H16O3/c1-11(13(14)15-2)16-10-6-9-12-7-4-3-5-8-12/h3-9,11H,10H2,1-2H3/b9-6+/t11-/m1/s1. The quantitative estimate of drug-likeness (QED) is 0.714. The average Bonchev–Trinajstić information content (AvgIpc) is 2.34. The number of esters is 1. The van der Waals surface area contributed by atoms with E-state index in [-0.39, 0.29) is 5.97 Å². The van der Waals surface area contributed by atoms with Gasteiger partial charge >= 0.3 is 5.97 Å². The first-order valence-electron chi connectivity index (χ1n) is 5.15. The molecule has 0 amide bonds. The topological polar surface area (TPSA) is 35.5 Å². The van der Waals surface area contributed by atoms with Gasteiger partial charge in [-0.3, -0.25) is 0 Å². The van der Waals surface area contributed by atoms with Crippen LogP contribution in [0.1, 0.15) is 12.5 Å². The van der Waals surface area contributed by atoms with Crippen LogP contribution in [-0.2, 0) is 14.3 Å². The fourth-order valence-electron chi connectivity index (χ4n) is 1.18. The first-order chi connectivity index (χ1) is 7.74. The van der Waals surface area contributed by atoms with Crippen molar-refractivity contribution in [1.29, 1.82) is 0 Å². The molecule has 0 heterocycles. The molecule has 1 aromatic rings. The maximum Gasteiger partial charge on any atom is 0.334 e. The zero-order valence-corrected chi connectivity index (χ0v) is 9.55. The fraction of sp³-hybridized carbons (Fsp3) is 0.308. The van der Waals surface area contributed by atoms with E-state index in [4.69, 9.17) is 4.74 Å². The molecule has 0 aliphatic carbocycles. The molecule has 0 aliphatic rings. The van der Waals surface area contributed by atoms with Gasteiger partial charge in [0.2, 0.25) is 0 Å². The van der Waals surface area contributed by atoms with Gasteiger partial charge in [-0.2, -0.15) is 0 Å². The Hall–Kier alpha value is -1.61. The number of hydrogen-bond acceptors (Lipinski definition) is 3. The Kier molecular flexibility index (Phi) is 5.29. The molecule has 1 rings (SSSR count). The minimum atomic E-state index is -0.523. The Morgan fingerprint density at radius 2 is 2.06 bits per heavy atom. The lowest BCUT2D eigenvalue weighted by molar-refractivity contribution is -0.152. The molecular formula is C13H16O3. The van der Waals surface area contributed by atoms with Gasteiger partial charge in [-0.25, -0.2) is 4.79 Å². The van der Waals surface area contributed by atoms with Crippen molar-refractivity contribution in [2.45, 2.75) is 13.0 Å². The summed E-state index contributed by atoms with van der Waals surface area (Å²) in [5.74, 6) is -0.354. The Balaban J connectivity index is 2.31. The summed E-state index contributed by atoms with van der Waals surface area (Å²) in [6.45, 7) is 2.06. The molecule has 3 nitrogen and oxygen atoms in total. The molecule has 1 atom stereocenters. The number of carbonyl (C=O) groups is 1. The predicted octanol–water partition coefficient (Wildman–Crippen LogP) is 2.28. The molecule has 0 unspecified atom stereocenters. The summed E-state index contributed by atoms with van der Waals surface area (Å²) in [6.07, 6.45) is 3.30. The zero-order chi connectivity index (χ0) is 11.8. The van der Waals surface area contributed by atoms with Gasteiger partial charge in [0, 0.05) is 0 Å². The predicted molar refractivity (Wildman–Crippen MR) is 62.9 cm³/mol. The molecule has 16 heavy (non-hydrogen) atoms. The summed E-state index contributed by atoms with van der Waals surface area (Å²) in [5.41, 5.74) is 1.11. The van der Waals surface area contributed by atoms with E-state index < -0.39 is 6.10 Å². The van der Waals surface area contributed by atoms with Crippen molar-refractivity contribution in [2.75, 3.05) is 13.7 Å². The molecule has 1 aromatic carbocycles. The molecule has 0 saturated carbocycles.